The van der Waals surface area contributed by atoms with Crippen LogP contribution >= 0.6 is 11.6 Å². The molecule has 1 aliphatic rings. The molecule has 0 bridgehead atoms. The molecule has 0 aliphatic carbocycles. The van der Waals surface area contributed by atoms with Crippen LogP contribution in [0.15, 0.2) is 23.0 Å². The molecule has 7 heteroatoms. The van der Waals surface area contributed by atoms with E-state index in [1.54, 1.807) is 10.6 Å². The fourth-order valence-electron chi connectivity index (χ4n) is 3.60. The molecule has 0 saturated carbocycles. The van der Waals surface area contributed by atoms with Gasteiger partial charge in [0.1, 0.15) is 5.52 Å². The number of fused-ring (bicyclic) bond motifs is 3. The van der Waals surface area contributed by atoms with E-state index in [0.717, 1.165) is 36.0 Å². The summed E-state index contributed by atoms with van der Waals surface area (Å²) in [5, 5.41) is 23.0. The maximum atomic E-state index is 13.0. The monoisotopic (exact) mass is 346 g/mol. The van der Waals surface area contributed by atoms with Gasteiger partial charge in [-0.25, -0.2) is 0 Å². The molecule has 2 atom stereocenters. The number of nitrogens with one attached hydrogen (secondary N) is 2. The molecular formula is C17H19ClN4O2. The van der Waals surface area contributed by atoms with Gasteiger partial charge in [-0.15, -0.1) is 0 Å². The number of aliphatic hydroxyl groups is 1. The molecule has 0 amide bonds. The normalized spacial score (nSPS) is 19.4. The summed E-state index contributed by atoms with van der Waals surface area (Å²) in [4.78, 5) is 13.0. The van der Waals surface area contributed by atoms with Crippen molar-refractivity contribution >= 4 is 33.4 Å². The average molecular weight is 347 g/mol. The van der Waals surface area contributed by atoms with Crippen LogP contribution < -0.4 is 10.9 Å². The third-order valence-corrected chi connectivity index (χ3v) is 5.08. The number of hydrogen-bond donors (Lipinski definition) is 3. The Kier molecular flexibility index (Phi) is 3.83. The molecule has 2 unspecified atom stereocenters. The predicted octanol–water partition coefficient (Wildman–Crippen LogP) is 1.95. The molecule has 1 aromatic carbocycles. The lowest BCUT2D eigenvalue weighted by atomic mass is 10.1. The predicted molar refractivity (Wildman–Crippen MR) is 94.6 cm³/mol. The van der Waals surface area contributed by atoms with Crippen molar-refractivity contribution in [3.63, 3.8) is 0 Å². The summed E-state index contributed by atoms with van der Waals surface area (Å²) in [7, 11) is 0. The first kappa shape index (κ1) is 15.6. The fraction of sp³-hybridized carbons (Fsp3) is 0.412. The van der Waals surface area contributed by atoms with Gasteiger partial charge in [-0.2, -0.15) is 5.10 Å². The Balaban J connectivity index is 1.93. The van der Waals surface area contributed by atoms with Crippen LogP contribution in [0.25, 0.3) is 21.8 Å². The summed E-state index contributed by atoms with van der Waals surface area (Å²) in [6, 6.07) is 5.42. The molecule has 1 fully saturated rings. The molecule has 126 valence electrons. The van der Waals surface area contributed by atoms with Crippen molar-refractivity contribution in [3.8, 4) is 0 Å². The zero-order chi connectivity index (χ0) is 16.8. The molecule has 6 nitrogen and oxygen atoms in total. The Morgan fingerprint density at radius 1 is 1.50 bits per heavy atom. The van der Waals surface area contributed by atoms with Crippen LogP contribution in [-0.2, 0) is 6.54 Å². The number of rotatable bonds is 3. The molecule has 0 spiro atoms. The van der Waals surface area contributed by atoms with Crippen LogP contribution in [0, 0.1) is 6.92 Å². The number of aryl methyl sites for hydroxylation is 1. The zero-order valence-corrected chi connectivity index (χ0v) is 14.1. The number of aromatic amines is 1. The van der Waals surface area contributed by atoms with Gasteiger partial charge in [0.15, 0.2) is 0 Å². The Hall–Kier alpha value is -1.89. The van der Waals surface area contributed by atoms with Gasteiger partial charge in [-0.3, -0.25) is 9.89 Å². The summed E-state index contributed by atoms with van der Waals surface area (Å²) in [5.41, 5.74) is 1.95. The third-order valence-electron chi connectivity index (χ3n) is 4.84. The van der Waals surface area contributed by atoms with Gasteiger partial charge in [-0.05, 0) is 44.5 Å². The number of aromatic nitrogens is 3. The lowest BCUT2D eigenvalue weighted by molar-refractivity contribution is 0.117. The smallest absolute Gasteiger partial charge is 0.262 e. The fourth-order valence-corrected chi connectivity index (χ4v) is 3.77. The molecule has 3 heterocycles. The second kappa shape index (κ2) is 5.88. The molecule has 4 rings (SSSR count). The highest BCUT2D eigenvalue weighted by molar-refractivity contribution is 6.31. The number of halogens is 1. The van der Waals surface area contributed by atoms with Gasteiger partial charge in [0.25, 0.3) is 5.56 Å². The Labute approximate surface area is 143 Å². The maximum Gasteiger partial charge on any atom is 0.262 e. The van der Waals surface area contributed by atoms with Crippen molar-refractivity contribution in [2.45, 2.75) is 38.5 Å². The topological polar surface area (TPSA) is 82.9 Å². The van der Waals surface area contributed by atoms with Crippen molar-refractivity contribution in [2.75, 3.05) is 6.54 Å². The van der Waals surface area contributed by atoms with E-state index < -0.39 is 6.10 Å². The number of benzene rings is 1. The molecule has 2 aromatic heterocycles. The van der Waals surface area contributed by atoms with Crippen LogP contribution in [0.3, 0.4) is 0 Å². The SMILES string of the molecule is Cc1[nH]nc2c1c(=O)n(CC(O)C1CCCN1)c1ccc(Cl)cc21. The van der Waals surface area contributed by atoms with E-state index in [1.165, 1.54) is 0 Å². The number of H-pyrrole nitrogens is 1. The number of nitrogens with zero attached hydrogens (tertiary/aromatic N) is 2. The molecular weight excluding hydrogens is 328 g/mol. The first-order valence-electron chi connectivity index (χ1n) is 8.14. The highest BCUT2D eigenvalue weighted by Gasteiger charge is 2.25. The molecule has 0 radical (unpaired) electrons. The summed E-state index contributed by atoms with van der Waals surface area (Å²) < 4.78 is 1.64. The second-order valence-corrected chi connectivity index (χ2v) is 6.86. The molecule has 24 heavy (non-hydrogen) atoms. The van der Waals surface area contributed by atoms with Gasteiger partial charge < -0.3 is 15.0 Å². The minimum atomic E-state index is -0.617. The van der Waals surface area contributed by atoms with Crippen LogP contribution in [0.1, 0.15) is 18.5 Å². The Morgan fingerprint density at radius 2 is 2.33 bits per heavy atom. The van der Waals surface area contributed by atoms with Crippen molar-refractivity contribution in [3.05, 3.63) is 39.3 Å². The van der Waals surface area contributed by atoms with Gasteiger partial charge in [-0.1, -0.05) is 11.6 Å². The average Bonchev–Trinajstić information content (AvgIpc) is 3.21. The summed E-state index contributed by atoms with van der Waals surface area (Å²) in [6.07, 6.45) is 1.35. The number of pyridine rings is 1. The van der Waals surface area contributed by atoms with Gasteiger partial charge in [0.05, 0.1) is 23.6 Å². The summed E-state index contributed by atoms with van der Waals surface area (Å²) in [6.45, 7) is 2.98. The van der Waals surface area contributed by atoms with Crippen molar-refractivity contribution in [1.29, 1.82) is 0 Å². The number of hydrogen-bond acceptors (Lipinski definition) is 4. The van der Waals surface area contributed by atoms with E-state index in [4.69, 9.17) is 11.6 Å². The van der Waals surface area contributed by atoms with E-state index in [9.17, 15) is 9.90 Å². The molecule has 1 saturated heterocycles. The largest absolute Gasteiger partial charge is 0.390 e. The highest BCUT2D eigenvalue weighted by atomic mass is 35.5. The van der Waals surface area contributed by atoms with E-state index in [1.807, 2.05) is 19.1 Å². The quantitative estimate of drug-likeness (QED) is 0.677. The standard InChI is InChI=1S/C17H19ClN4O2/c1-9-15-16(21-20-9)11-7-10(18)4-5-13(11)22(17(15)24)8-14(23)12-3-2-6-19-12/h4-5,7,12,14,19,23H,2-3,6,8H2,1H3,(H,20,21). The Bertz CT molecular complexity index is 972. The van der Waals surface area contributed by atoms with E-state index in [2.05, 4.69) is 15.5 Å². The zero-order valence-electron chi connectivity index (χ0n) is 13.3. The van der Waals surface area contributed by atoms with Crippen LogP contribution in [-0.4, -0.2) is 38.6 Å². The molecule has 3 N–H and O–H groups in total. The van der Waals surface area contributed by atoms with Crippen LogP contribution in [0.4, 0.5) is 0 Å². The van der Waals surface area contributed by atoms with Crippen molar-refractivity contribution < 1.29 is 5.11 Å². The summed E-state index contributed by atoms with van der Waals surface area (Å²) in [5.74, 6) is 0. The van der Waals surface area contributed by atoms with E-state index >= 15 is 0 Å². The lowest BCUT2D eigenvalue weighted by Gasteiger charge is -2.21. The number of aliphatic hydroxyl groups excluding tert-OH is 1. The van der Waals surface area contributed by atoms with Crippen LogP contribution in [0.5, 0.6) is 0 Å². The maximum absolute atomic E-state index is 13.0. The highest BCUT2D eigenvalue weighted by Crippen LogP contribution is 2.26. The molecule has 3 aromatic rings. The first-order valence-corrected chi connectivity index (χ1v) is 8.52. The first-order chi connectivity index (χ1) is 11.6. The van der Waals surface area contributed by atoms with Crippen molar-refractivity contribution in [1.82, 2.24) is 20.1 Å². The Morgan fingerprint density at radius 3 is 3.08 bits per heavy atom. The van der Waals surface area contributed by atoms with Crippen molar-refractivity contribution in [2.24, 2.45) is 0 Å². The van der Waals surface area contributed by atoms with E-state index in [0.29, 0.717) is 15.9 Å². The minimum absolute atomic E-state index is 0.0281. The second-order valence-electron chi connectivity index (χ2n) is 6.42. The summed E-state index contributed by atoms with van der Waals surface area (Å²) >= 11 is 6.14. The lowest BCUT2D eigenvalue weighted by Crippen LogP contribution is -2.39. The van der Waals surface area contributed by atoms with Gasteiger partial charge in [0, 0.05) is 22.1 Å². The third kappa shape index (κ3) is 2.42. The van der Waals surface area contributed by atoms with E-state index in [-0.39, 0.29) is 18.1 Å². The van der Waals surface area contributed by atoms with Gasteiger partial charge >= 0.3 is 0 Å². The minimum Gasteiger partial charge on any atom is -0.390 e. The van der Waals surface area contributed by atoms with Gasteiger partial charge in [0.2, 0.25) is 0 Å². The van der Waals surface area contributed by atoms with Crippen LogP contribution in [0.2, 0.25) is 5.02 Å². The molecule has 1 aliphatic heterocycles.